The fourth-order valence-corrected chi connectivity index (χ4v) is 4.90. The van der Waals surface area contributed by atoms with Gasteiger partial charge in [-0.15, -0.1) is 13.2 Å². The van der Waals surface area contributed by atoms with Crippen LogP contribution in [0.15, 0.2) is 65.6 Å². The molecule has 0 aromatic heterocycles. The number of hydrogen-bond donors (Lipinski definition) is 2. The molecule has 3 aromatic carbocycles. The molecule has 0 radical (unpaired) electrons. The zero-order valence-electron chi connectivity index (χ0n) is 16.3. The lowest BCUT2D eigenvalue weighted by Crippen LogP contribution is -2.43. The maximum atomic E-state index is 13.1. The van der Waals surface area contributed by atoms with Crippen LogP contribution in [-0.4, -0.2) is 41.0 Å². The van der Waals surface area contributed by atoms with E-state index in [1.807, 2.05) is 12.1 Å². The molecule has 1 heterocycles. The molecular formula is C21H20F3N3O3S. The molecule has 1 aliphatic heterocycles. The van der Waals surface area contributed by atoms with Crippen molar-refractivity contribution in [2.75, 3.05) is 35.8 Å². The first-order chi connectivity index (χ1) is 14.7. The van der Waals surface area contributed by atoms with Gasteiger partial charge in [0.2, 0.25) is 0 Å². The molecule has 1 saturated heterocycles. The lowest BCUT2D eigenvalue weighted by atomic mass is 10.1. The quantitative estimate of drug-likeness (QED) is 0.615. The van der Waals surface area contributed by atoms with Crippen LogP contribution < -0.4 is 19.7 Å². The van der Waals surface area contributed by atoms with Gasteiger partial charge in [-0.3, -0.25) is 4.72 Å². The van der Waals surface area contributed by atoms with Gasteiger partial charge in [-0.05, 0) is 24.3 Å². The van der Waals surface area contributed by atoms with Crippen molar-refractivity contribution < 1.29 is 26.3 Å². The first-order valence-electron chi connectivity index (χ1n) is 9.59. The Hall–Kier alpha value is -2.98. The van der Waals surface area contributed by atoms with Crippen LogP contribution >= 0.6 is 0 Å². The van der Waals surface area contributed by atoms with E-state index in [9.17, 15) is 21.6 Å². The highest BCUT2D eigenvalue weighted by molar-refractivity contribution is 7.93. The van der Waals surface area contributed by atoms with Gasteiger partial charge >= 0.3 is 6.36 Å². The molecule has 6 nitrogen and oxygen atoms in total. The van der Waals surface area contributed by atoms with E-state index in [1.54, 1.807) is 18.2 Å². The molecule has 0 aliphatic carbocycles. The number of halogens is 3. The third-order valence-electron chi connectivity index (χ3n) is 4.93. The topological polar surface area (TPSA) is 70.7 Å². The van der Waals surface area contributed by atoms with Crippen molar-refractivity contribution in [2.45, 2.75) is 11.3 Å². The molecular weight excluding hydrogens is 431 g/mol. The Morgan fingerprint density at radius 1 is 0.935 bits per heavy atom. The van der Waals surface area contributed by atoms with Crippen molar-refractivity contribution in [3.05, 3.63) is 60.7 Å². The van der Waals surface area contributed by atoms with Crippen molar-refractivity contribution in [1.82, 2.24) is 5.32 Å². The van der Waals surface area contributed by atoms with Crippen LogP contribution in [0.1, 0.15) is 0 Å². The van der Waals surface area contributed by atoms with Gasteiger partial charge in [0.15, 0.2) is 0 Å². The number of rotatable bonds is 5. The summed E-state index contributed by atoms with van der Waals surface area (Å²) in [5.74, 6) is -0.508. The van der Waals surface area contributed by atoms with Gasteiger partial charge in [0.25, 0.3) is 10.0 Å². The standard InChI is InChI=1S/C21H20F3N3O3S/c22-21(23,24)30-16-5-3-4-15(14-16)26-31(28,29)20-9-8-19(27-12-10-25-11-13-27)17-6-1-2-7-18(17)20/h1-9,14,25-26H,10-13H2. The van der Waals surface area contributed by atoms with Crippen LogP contribution in [0.5, 0.6) is 5.75 Å². The molecule has 0 spiro atoms. The average molecular weight is 451 g/mol. The Morgan fingerprint density at radius 3 is 2.35 bits per heavy atom. The summed E-state index contributed by atoms with van der Waals surface area (Å²) in [6, 6.07) is 15.2. The molecule has 10 heteroatoms. The predicted octanol–water partition coefficient (Wildman–Crippen LogP) is 3.95. The summed E-state index contributed by atoms with van der Waals surface area (Å²) in [4.78, 5) is 2.24. The Balaban J connectivity index is 1.69. The van der Waals surface area contributed by atoms with Crippen molar-refractivity contribution in [2.24, 2.45) is 0 Å². The van der Waals surface area contributed by atoms with Gasteiger partial charge in [-0.1, -0.05) is 30.3 Å². The van der Waals surface area contributed by atoms with E-state index in [0.717, 1.165) is 49.4 Å². The first-order valence-corrected chi connectivity index (χ1v) is 11.1. The minimum absolute atomic E-state index is 0.0305. The van der Waals surface area contributed by atoms with E-state index in [-0.39, 0.29) is 10.6 Å². The van der Waals surface area contributed by atoms with Crippen molar-refractivity contribution in [1.29, 1.82) is 0 Å². The number of nitrogens with one attached hydrogen (secondary N) is 2. The van der Waals surface area contributed by atoms with Gasteiger partial charge < -0.3 is 15.0 Å². The number of ether oxygens (including phenoxy) is 1. The number of sulfonamides is 1. The second-order valence-electron chi connectivity index (χ2n) is 7.05. The highest BCUT2D eigenvalue weighted by atomic mass is 32.2. The smallest absolute Gasteiger partial charge is 0.406 e. The lowest BCUT2D eigenvalue weighted by molar-refractivity contribution is -0.274. The molecule has 4 rings (SSSR count). The number of fused-ring (bicyclic) bond motifs is 1. The largest absolute Gasteiger partial charge is 0.573 e. The molecule has 0 unspecified atom stereocenters. The van der Waals surface area contributed by atoms with Crippen LogP contribution in [-0.2, 0) is 10.0 Å². The SMILES string of the molecule is O=S(=O)(Nc1cccc(OC(F)(F)F)c1)c1ccc(N2CCNCC2)c2ccccc12. The number of piperazine rings is 1. The Bertz CT molecular complexity index is 1190. The molecule has 3 aromatic rings. The molecule has 0 saturated carbocycles. The number of alkyl halides is 3. The lowest BCUT2D eigenvalue weighted by Gasteiger charge is -2.30. The molecule has 0 atom stereocenters. The zero-order valence-corrected chi connectivity index (χ0v) is 17.1. The van der Waals surface area contributed by atoms with Gasteiger partial charge in [-0.25, -0.2) is 8.42 Å². The third-order valence-corrected chi connectivity index (χ3v) is 6.37. The van der Waals surface area contributed by atoms with E-state index >= 15 is 0 Å². The monoisotopic (exact) mass is 451 g/mol. The summed E-state index contributed by atoms with van der Waals surface area (Å²) in [5.41, 5.74) is 0.911. The van der Waals surface area contributed by atoms with Crippen molar-refractivity contribution in [3.8, 4) is 5.75 Å². The Morgan fingerprint density at radius 2 is 1.65 bits per heavy atom. The fourth-order valence-electron chi connectivity index (χ4n) is 3.64. The molecule has 1 aliphatic rings. The average Bonchev–Trinajstić information content (AvgIpc) is 2.72. The van der Waals surface area contributed by atoms with Crippen LogP contribution in [0.2, 0.25) is 0 Å². The molecule has 2 N–H and O–H groups in total. The summed E-state index contributed by atoms with van der Waals surface area (Å²) in [5, 5.41) is 4.61. The van der Waals surface area contributed by atoms with Gasteiger partial charge in [0, 0.05) is 48.7 Å². The van der Waals surface area contributed by atoms with Gasteiger partial charge in [-0.2, -0.15) is 0 Å². The number of hydrogen-bond acceptors (Lipinski definition) is 5. The summed E-state index contributed by atoms with van der Waals surface area (Å²) in [6.45, 7) is 3.29. The molecule has 0 amide bonds. The second kappa shape index (κ2) is 8.27. The highest BCUT2D eigenvalue weighted by Gasteiger charge is 2.31. The van der Waals surface area contributed by atoms with E-state index in [2.05, 4.69) is 19.7 Å². The summed E-state index contributed by atoms with van der Waals surface area (Å²) in [6.07, 6.45) is -4.87. The van der Waals surface area contributed by atoms with E-state index in [4.69, 9.17) is 0 Å². The molecule has 0 bridgehead atoms. The minimum Gasteiger partial charge on any atom is -0.406 e. The van der Waals surface area contributed by atoms with Crippen LogP contribution in [0.3, 0.4) is 0 Å². The van der Waals surface area contributed by atoms with E-state index in [1.165, 1.54) is 18.2 Å². The number of benzene rings is 3. The predicted molar refractivity (Wildman–Crippen MR) is 113 cm³/mol. The minimum atomic E-state index is -4.87. The molecule has 164 valence electrons. The summed E-state index contributed by atoms with van der Waals surface area (Å²) >= 11 is 0. The van der Waals surface area contributed by atoms with Crippen LogP contribution in [0.4, 0.5) is 24.5 Å². The first kappa shape index (κ1) is 21.3. The zero-order chi connectivity index (χ0) is 22.1. The van der Waals surface area contributed by atoms with E-state index < -0.39 is 22.1 Å². The molecule has 31 heavy (non-hydrogen) atoms. The van der Waals surface area contributed by atoms with E-state index in [0.29, 0.717) is 5.39 Å². The Kier molecular flexibility index (Phi) is 5.67. The Labute approximate surface area is 177 Å². The van der Waals surface area contributed by atoms with Gasteiger partial charge in [0.1, 0.15) is 5.75 Å². The highest BCUT2D eigenvalue weighted by Crippen LogP contribution is 2.33. The number of nitrogens with zero attached hydrogens (tertiary/aromatic N) is 1. The maximum absolute atomic E-state index is 13.1. The fraction of sp³-hybridized carbons (Fsp3) is 0.238. The maximum Gasteiger partial charge on any atom is 0.573 e. The summed E-state index contributed by atoms with van der Waals surface area (Å²) < 4.78 is 69.8. The second-order valence-corrected chi connectivity index (χ2v) is 8.70. The van der Waals surface area contributed by atoms with Crippen LogP contribution in [0.25, 0.3) is 10.8 Å². The normalized spacial score (nSPS) is 15.1. The third kappa shape index (κ3) is 4.86. The van der Waals surface area contributed by atoms with Crippen molar-refractivity contribution >= 4 is 32.2 Å². The molecule has 1 fully saturated rings. The van der Waals surface area contributed by atoms with Crippen LogP contribution in [0, 0.1) is 0 Å². The number of anilines is 2. The van der Waals surface area contributed by atoms with Gasteiger partial charge in [0.05, 0.1) is 10.6 Å². The van der Waals surface area contributed by atoms with Crippen molar-refractivity contribution in [3.63, 3.8) is 0 Å². The summed E-state index contributed by atoms with van der Waals surface area (Å²) in [7, 11) is -4.07.